The Kier molecular flexibility index (Phi) is 8.01. The molecule has 1 N–H and O–H groups in total. The van der Waals surface area contributed by atoms with Gasteiger partial charge >= 0.3 is 0 Å². The molecule has 0 saturated carbocycles. The van der Waals surface area contributed by atoms with Gasteiger partial charge in [0.2, 0.25) is 15.9 Å². The smallest absolute Gasteiger partial charge is 0.263 e. The molecule has 1 aliphatic heterocycles. The number of fused-ring (bicyclic) bond motifs is 1. The molecular formula is C26H26ClN3O6S. The van der Waals surface area contributed by atoms with Gasteiger partial charge in [0.1, 0.15) is 16.4 Å². The summed E-state index contributed by atoms with van der Waals surface area (Å²) in [5, 5.41) is 3.04. The minimum Gasteiger partial charge on any atom is -0.495 e. The molecule has 0 bridgehead atoms. The number of likely N-dealkylation sites (N-methyl/N-ethyl adjacent to an activating group) is 1. The van der Waals surface area contributed by atoms with Crippen molar-refractivity contribution in [3.63, 3.8) is 0 Å². The fourth-order valence-electron chi connectivity index (χ4n) is 3.89. The van der Waals surface area contributed by atoms with Crippen LogP contribution in [0, 0.1) is 0 Å². The van der Waals surface area contributed by atoms with Crippen LogP contribution in [0.1, 0.15) is 5.56 Å². The number of carbonyl (C=O) groups is 2. The largest absolute Gasteiger partial charge is 0.495 e. The van der Waals surface area contributed by atoms with Crippen molar-refractivity contribution in [2.75, 3.05) is 32.1 Å². The van der Waals surface area contributed by atoms with E-state index in [9.17, 15) is 18.0 Å². The van der Waals surface area contributed by atoms with Gasteiger partial charge in [0.25, 0.3) is 5.91 Å². The van der Waals surface area contributed by atoms with Gasteiger partial charge in [-0.2, -0.15) is 4.31 Å². The molecule has 3 aromatic rings. The quantitative estimate of drug-likeness (QED) is 0.468. The van der Waals surface area contributed by atoms with Crippen LogP contribution < -0.4 is 19.7 Å². The number of methoxy groups -OCH3 is 1. The van der Waals surface area contributed by atoms with Gasteiger partial charge in [-0.05, 0) is 35.9 Å². The number of nitrogens with zero attached hydrogens (tertiary/aromatic N) is 2. The number of para-hydroxylation sites is 2. The Morgan fingerprint density at radius 1 is 1.11 bits per heavy atom. The third kappa shape index (κ3) is 5.87. The Morgan fingerprint density at radius 2 is 1.81 bits per heavy atom. The molecule has 194 valence electrons. The van der Waals surface area contributed by atoms with Gasteiger partial charge in [0, 0.05) is 18.6 Å². The molecule has 11 heteroatoms. The topological polar surface area (TPSA) is 105 Å². The molecule has 9 nitrogen and oxygen atoms in total. The third-order valence-corrected chi connectivity index (χ3v) is 7.91. The normalized spacial score (nSPS) is 15.0. The number of carbonyl (C=O) groups excluding carboxylic acids is 2. The molecule has 1 atom stereocenters. The average molecular weight is 544 g/mol. The molecule has 0 radical (unpaired) electrons. The van der Waals surface area contributed by atoms with Crippen molar-refractivity contribution >= 4 is 39.1 Å². The van der Waals surface area contributed by atoms with Crippen LogP contribution in [0.4, 0.5) is 5.69 Å². The third-order valence-electron chi connectivity index (χ3n) is 5.85. The molecule has 0 aromatic heterocycles. The molecule has 0 fully saturated rings. The van der Waals surface area contributed by atoms with Crippen LogP contribution in [0.2, 0.25) is 5.02 Å². The first-order valence-electron chi connectivity index (χ1n) is 11.4. The summed E-state index contributed by atoms with van der Waals surface area (Å²) in [6.45, 7) is -0.257. The van der Waals surface area contributed by atoms with E-state index in [4.69, 9.17) is 21.1 Å². The van der Waals surface area contributed by atoms with Crippen LogP contribution in [0.25, 0.3) is 0 Å². The number of halogens is 1. The minimum atomic E-state index is -4.12. The Bertz CT molecular complexity index is 1400. The van der Waals surface area contributed by atoms with Crippen LogP contribution >= 0.6 is 11.6 Å². The summed E-state index contributed by atoms with van der Waals surface area (Å²) >= 11 is 6.01. The minimum absolute atomic E-state index is 0.0785. The van der Waals surface area contributed by atoms with Gasteiger partial charge in [-0.3, -0.25) is 9.59 Å². The van der Waals surface area contributed by atoms with Crippen LogP contribution in [0.5, 0.6) is 11.5 Å². The molecule has 0 saturated heterocycles. The van der Waals surface area contributed by atoms with Gasteiger partial charge in [-0.1, -0.05) is 54.1 Å². The fraction of sp³-hybridized carbons (Fsp3) is 0.231. The number of anilines is 1. The molecule has 0 unspecified atom stereocenters. The van der Waals surface area contributed by atoms with Gasteiger partial charge in [-0.25, -0.2) is 8.42 Å². The second-order valence-corrected chi connectivity index (χ2v) is 10.8. The van der Waals surface area contributed by atoms with E-state index < -0.39 is 28.6 Å². The number of hydrogen-bond donors (Lipinski definition) is 1. The Labute approximate surface area is 220 Å². The molecule has 1 aliphatic rings. The summed E-state index contributed by atoms with van der Waals surface area (Å²) in [4.78, 5) is 27.5. The van der Waals surface area contributed by atoms with Gasteiger partial charge < -0.3 is 19.7 Å². The van der Waals surface area contributed by atoms with E-state index in [1.807, 2.05) is 30.3 Å². The van der Waals surface area contributed by atoms with E-state index in [0.29, 0.717) is 18.0 Å². The summed E-state index contributed by atoms with van der Waals surface area (Å²) < 4.78 is 38.5. The first-order valence-corrected chi connectivity index (χ1v) is 13.2. The predicted octanol–water partition coefficient (Wildman–Crippen LogP) is 3.08. The van der Waals surface area contributed by atoms with E-state index in [0.717, 1.165) is 9.87 Å². The zero-order chi connectivity index (χ0) is 26.6. The van der Waals surface area contributed by atoms with Crippen molar-refractivity contribution in [1.29, 1.82) is 0 Å². The molecule has 0 spiro atoms. The highest BCUT2D eigenvalue weighted by Gasteiger charge is 2.35. The molecule has 1 heterocycles. The van der Waals surface area contributed by atoms with Crippen molar-refractivity contribution < 1.29 is 27.5 Å². The van der Waals surface area contributed by atoms with Crippen LogP contribution in [-0.4, -0.2) is 57.9 Å². The molecule has 3 aromatic carbocycles. The SMILES string of the molecule is COc1ccc(Cl)cc1S(=O)(=O)N(C)CC(=O)N1C[C@@H](C(=O)NCc2ccccc2)Oc2ccccc21. The number of ether oxygens (including phenoxy) is 2. The van der Waals surface area contributed by atoms with Crippen molar-refractivity contribution in [2.45, 2.75) is 17.5 Å². The van der Waals surface area contributed by atoms with Crippen LogP contribution in [-0.2, 0) is 26.2 Å². The molecular weight excluding hydrogens is 518 g/mol. The van der Waals surface area contributed by atoms with Gasteiger partial charge in [0.15, 0.2) is 6.10 Å². The predicted molar refractivity (Wildman–Crippen MR) is 139 cm³/mol. The highest BCUT2D eigenvalue weighted by Crippen LogP contribution is 2.34. The van der Waals surface area contributed by atoms with E-state index in [1.165, 1.54) is 37.3 Å². The highest BCUT2D eigenvalue weighted by atomic mass is 35.5. The standard InChI is InChI=1S/C26H26ClN3O6S/c1-29(37(33,34)24-14-19(27)12-13-22(24)35-2)17-25(31)30-16-23(36-21-11-7-6-10-20(21)30)26(32)28-15-18-8-4-3-5-9-18/h3-14,23H,15-17H2,1-2H3,(H,28,32)/t23-/m0/s1. The van der Waals surface area contributed by atoms with Crippen LogP contribution in [0.3, 0.4) is 0 Å². The first-order chi connectivity index (χ1) is 17.7. The fourth-order valence-corrected chi connectivity index (χ4v) is 5.42. The monoisotopic (exact) mass is 543 g/mol. The Morgan fingerprint density at radius 3 is 2.54 bits per heavy atom. The maximum absolute atomic E-state index is 13.4. The summed E-state index contributed by atoms with van der Waals surface area (Å²) in [7, 11) is -1.47. The van der Waals surface area contributed by atoms with Crippen molar-refractivity contribution in [3.05, 3.63) is 83.4 Å². The number of benzene rings is 3. The lowest BCUT2D eigenvalue weighted by molar-refractivity contribution is -0.128. The summed E-state index contributed by atoms with van der Waals surface area (Å²) in [6.07, 6.45) is -0.975. The Hall–Kier alpha value is -3.60. The van der Waals surface area contributed by atoms with E-state index in [1.54, 1.807) is 24.3 Å². The summed E-state index contributed by atoms with van der Waals surface area (Å²) in [6, 6.07) is 20.4. The molecule has 4 rings (SSSR count). The van der Waals surface area contributed by atoms with Crippen LogP contribution in [0.15, 0.2) is 77.7 Å². The van der Waals surface area contributed by atoms with Crippen molar-refractivity contribution in [1.82, 2.24) is 9.62 Å². The summed E-state index contributed by atoms with van der Waals surface area (Å²) in [5.41, 5.74) is 1.37. The molecule has 37 heavy (non-hydrogen) atoms. The van der Waals surface area contributed by atoms with E-state index in [-0.39, 0.29) is 28.1 Å². The first kappa shape index (κ1) is 26.5. The molecule has 0 aliphatic carbocycles. The van der Waals surface area contributed by atoms with E-state index >= 15 is 0 Å². The second-order valence-electron chi connectivity index (χ2n) is 8.34. The second kappa shape index (κ2) is 11.2. The number of amides is 2. The lowest BCUT2D eigenvalue weighted by Gasteiger charge is -2.35. The summed E-state index contributed by atoms with van der Waals surface area (Å²) in [5.74, 6) is -0.455. The number of hydrogen-bond acceptors (Lipinski definition) is 6. The lowest BCUT2D eigenvalue weighted by atomic mass is 10.1. The van der Waals surface area contributed by atoms with Crippen molar-refractivity contribution in [3.8, 4) is 11.5 Å². The maximum atomic E-state index is 13.4. The number of sulfonamides is 1. The van der Waals surface area contributed by atoms with Crippen molar-refractivity contribution in [2.24, 2.45) is 0 Å². The highest BCUT2D eigenvalue weighted by molar-refractivity contribution is 7.89. The molecule has 2 amide bonds. The van der Waals surface area contributed by atoms with Gasteiger partial charge in [-0.15, -0.1) is 0 Å². The Balaban J connectivity index is 1.52. The number of rotatable bonds is 8. The zero-order valence-electron chi connectivity index (χ0n) is 20.3. The number of nitrogens with one attached hydrogen (secondary N) is 1. The average Bonchev–Trinajstić information content (AvgIpc) is 2.91. The van der Waals surface area contributed by atoms with Gasteiger partial charge in [0.05, 0.1) is 25.9 Å². The maximum Gasteiger partial charge on any atom is 0.263 e. The van der Waals surface area contributed by atoms with E-state index in [2.05, 4.69) is 5.32 Å². The zero-order valence-corrected chi connectivity index (χ0v) is 21.8. The lowest BCUT2D eigenvalue weighted by Crippen LogP contribution is -2.52.